The molecule has 0 bridgehead atoms. The summed E-state index contributed by atoms with van der Waals surface area (Å²) in [6, 6.07) is 10.9. The standard InChI is InChI=1S/C20H28N2O/c1-16-7-5-6-10-19(16)21-20(23)15-22-13-11-18(12-14-22)17-8-3-2-4-9-17/h2-4,8-9,11,16,19H,5-7,10,12-15H2,1H3,(H,21,23)/t16-,19+/m1/s1. The Morgan fingerprint density at radius 2 is 2.00 bits per heavy atom. The Kier molecular flexibility index (Phi) is 5.50. The zero-order valence-corrected chi connectivity index (χ0v) is 14.1. The third-order valence-corrected chi connectivity index (χ3v) is 5.26. The summed E-state index contributed by atoms with van der Waals surface area (Å²) < 4.78 is 0. The second-order valence-corrected chi connectivity index (χ2v) is 7.02. The van der Waals surface area contributed by atoms with Gasteiger partial charge < -0.3 is 5.32 Å². The minimum Gasteiger partial charge on any atom is -0.352 e. The summed E-state index contributed by atoms with van der Waals surface area (Å²) in [5, 5.41) is 3.26. The van der Waals surface area contributed by atoms with Gasteiger partial charge in [-0.1, -0.05) is 56.2 Å². The van der Waals surface area contributed by atoms with Crippen LogP contribution < -0.4 is 5.32 Å². The largest absolute Gasteiger partial charge is 0.352 e. The molecule has 0 unspecified atom stereocenters. The maximum atomic E-state index is 12.3. The fraction of sp³-hybridized carbons (Fsp3) is 0.550. The van der Waals surface area contributed by atoms with Gasteiger partial charge in [0.05, 0.1) is 6.54 Å². The fourth-order valence-corrected chi connectivity index (χ4v) is 3.76. The van der Waals surface area contributed by atoms with Crippen molar-refractivity contribution in [3.8, 4) is 0 Å². The molecule has 1 amide bonds. The molecule has 1 heterocycles. The number of benzene rings is 1. The van der Waals surface area contributed by atoms with Gasteiger partial charge in [0, 0.05) is 19.1 Å². The Morgan fingerprint density at radius 1 is 1.22 bits per heavy atom. The van der Waals surface area contributed by atoms with E-state index in [0.29, 0.717) is 18.5 Å². The summed E-state index contributed by atoms with van der Waals surface area (Å²) in [6.07, 6.45) is 8.25. The lowest BCUT2D eigenvalue weighted by atomic mass is 9.86. The van der Waals surface area contributed by atoms with Crippen LogP contribution in [0.4, 0.5) is 0 Å². The van der Waals surface area contributed by atoms with E-state index in [9.17, 15) is 4.79 Å². The molecule has 1 fully saturated rings. The molecular weight excluding hydrogens is 284 g/mol. The molecule has 1 aromatic carbocycles. The minimum absolute atomic E-state index is 0.195. The molecular formula is C20H28N2O. The first kappa shape index (κ1) is 16.3. The van der Waals surface area contributed by atoms with Crippen molar-refractivity contribution in [1.82, 2.24) is 10.2 Å². The smallest absolute Gasteiger partial charge is 0.234 e. The zero-order valence-electron chi connectivity index (χ0n) is 14.1. The van der Waals surface area contributed by atoms with Gasteiger partial charge in [-0.05, 0) is 36.3 Å². The first-order chi connectivity index (χ1) is 11.2. The molecule has 23 heavy (non-hydrogen) atoms. The van der Waals surface area contributed by atoms with Gasteiger partial charge in [-0.15, -0.1) is 0 Å². The Balaban J connectivity index is 1.48. The minimum atomic E-state index is 0.195. The van der Waals surface area contributed by atoms with Gasteiger partial charge in [-0.2, -0.15) is 0 Å². The van der Waals surface area contributed by atoms with Crippen LogP contribution in [0.3, 0.4) is 0 Å². The van der Waals surface area contributed by atoms with Gasteiger partial charge in [0.2, 0.25) is 5.91 Å². The molecule has 1 aromatic rings. The van der Waals surface area contributed by atoms with Crippen LogP contribution in [0, 0.1) is 5.92 Å². The van der Waals surface area contributed by atoms with E-state index in [1.54, 1.807) is 0 Å². The van der Waals surface area contributed by atoms with E-state index in [1.165, 1.54) is 30.4 Å². The number of hydrogen-bond donors (Lipinski definition) is 1. The topological polar surface area (TPSA) is 32.3 Å². The number of nitrogens with zero attached hydrogens (tertiary/aromatic N) is 1. The van der Waals surface area contributed by atoms with Crippen molar-refractivity contribution < 1.29 is 4.79 Å². The number of hydrogen-bond acceptors (Lipinski definition) is 2. The summed E-state index contributed by atoms with van der Waals surface area (Å²) in [4.78, 5) is 14.5. The maximum Gasteiger partial charge on any atom is 0.234 e. The van der Waals surface area contributed by atoms with E-state index in [4.69, 9.17) is 0 Å². The van der Waals surface area contributed by atoms with Crippen molar-refractivity contribution in [2.45, 2.75) is 45.1 Å². The highest BCUT2D eigenvalue weighted by atomic mass is 16.2. The van der Waals surface area contributed by atoms with Crippen molar-refractivity contribution in [2.24, 2.45) is 5.92 Å². The molecule has 1 aliphatic carbocycles. The number of nitrogens with one attached hydrogen (secondary N) is 1. The number of amides is 1. The SMILES string of the molecule is C[C@@H]1CCCC[C@@H]1NC(=O)CN1CC=C(c2ccccc2)CC1. The quantitative estimate of drug-likeness (QED) is 0.923. The second-order valence-electron chi connectivity index (χ2n) is 7.02. The average Bonchev–Trinajstić information content (AvgIpc) is 2.58. The fourth-order valence-electron chi connectivity index (χ4n) is 3.76. The predicted molar refractivity (Wildman–Crippen MR) is 95.0 cm³/mol. The molecule has 0 aromatic heterocycles. The van der Waals surface area contributed by atoms with Crippen LogP contribution in [0.25, 0.3) is 5.57 Å². The Morgan fingerprint density at radius 3 is 2.70 bits per heavy atom. The molecule has 1 saturated carbocycles. The summed E-state index contributed by atoms with van der Waals surface area (Å²) in [6.45, 7) is 4.63. The monoisotopic (exact) mass is 312 g/mol. The van der Waals surface area contributed by atoms with Crippen molar-refractivity contribution >= 4 is 11.5 Å². The van der Waals surface area contributed by atoms with Crippen molar-refractivity contribution in [3.63, 3.8) is 0 Å². The molecule has 3 heteroatoms. The Labute approximate surface area is 139 Å². The molecule has 0 saturated heterocycles. The van der Waals surface area contributed by atoms with Gasteiger partial charge in [-0.3, -0.25) is 9.69 Å². The molecule has 2 atom stereocenters. The van der Waals surface area contributed by atoms with E-state index in [1.807, 2.05) is 0 Å². The Hall–Kier alpha value is -1.61. The van der Waals surface area contributed by atoms with E-state index >= 15 is 0 Å². The lowest BCUT2D eigenvalue weighted by Gasteiger charge is -2.31. The highest BCUT2D eigenvalue weighted by Crippen LogP contribution is 2.24. The average molecular weight is 312 g/mol. The van der Waals surface area contributed by atoms with Crippen LogP contribution in [0.15, 0.2) is 36.4 Å². The van der Waals surface area contributed by atoms with Crippen molar-refractivity contribution in [3.05, 3.63) is 42.0 Å². The number of carbonyl (C=O) groups excluding carboxylic acids is 1. The zero-order chi connectivity index (χ0) is 16.1. The van der Waals surface area contributed by atoms with Gasteiger partial charge in [0.15, 0.2) is 0 Å². The lowest BCUT2D eigenvalue weighted by molar-refractivity contribution is -0.123. The highest BCUT2D eigenvalue weighted by molar-refractivity contribution is 5.78. The van der Waals surface area contributed by atoms with Crippen molar-refractivity contribution in [1.29, 1.82) is 0 Å². The first-order valence-electron chi connectivity index (χ1n) is 8.98. The summed E-state index contributed by atoms with van der Waals surface area (Å²) in [5.74, 6) is 0.818. The van der Waals surface area contributed by atoms with Crippen LogP contribution in [0.1, 0.15) is 44.6 Å². The van der Waals surface area contributed by atoms with E-state index < -0.39 is 0 Å². The van der Waals surface area contributed by atoms with Crippen LogP contribution in [-0.4, -0.2) is 36.5 Å². The van der Waals surface area contributed by atoms with Gasteiger partial charge in [-0.25, -0.2) is 0 Å². The molecule has 2 aliphatic rings. The third kappa shape index (κ3) is 4.44. The van der Waals surface area contributed by atoms with Crippen LogP contribution in [0.2, 0.25) is 0 Å². The second kappa shape index (κ2) is 7.78. The van der Waals surface area contributed by atoms with Crippen LogP contribution in [0.5, 0.6) is 0 Å². The molecule has 0 radical (unpaired) electrons. The van der Waals surface area contributed by atoms with E-state index in [2.05, 4.69) is 53.5 Å². The predicted octanol–water partition coefficient (Wildman–Crippen LogP) is 3.47. The summed E-state index contributed by atoms with van der Waals surface area (Å²) >= 11 is 0. The van der Waals surface area contributed by atoms with Gasteiger partial charge in [0.1, 0.15) is 0 Å². The Bertz CT molecular complexity index is 552. The van der Waals surface area contributed by atoms with E-state index in [0.717, 1.165) is 25.9 Å². The molecule has 1 N–H and O–H groups in total. The summed E-state index contributed by atoms with van der Waals surface area (Å²) in [5.41, 5.74) is 2.72. The number of rotatable bonds is 4. The summed E-state index contributed by atoms with van der Waals surface area (Å²) in [7, 11) is 0. The lowest BCUT2D eigenvalue weighted by Crippen LogP contribution is -2.46. The van der Waals surface area contributed by atoms with Crippen molar-refractivity contribution in [2.75, 3.05) is 19.6 Å². The van der Waals surface area contributed by atoms with Crippen LogP contribution >= 0.6 is 0 Å². The maximum absolute atomic E-state index is 12.3. The molecule has 3 nitrogen and oxygen atoms in total. The highest BCUT2D eigenvalue weighted by Gasteiger charge is 2.24. The number of carbonyl (C=O) groups is 1. The third-order valence-electron chi connectivity index (χ3n) is 5.26. The van der Waals surface area contributed by atoms with Gasteiger partial charge in [0.25, 0.3) is 0 Å². The van der Waals surface area contributed by atoms with Gasteiger partial charge >= 0.3 is 0 Å². The molecule has 1 aliphatic heterocycles. The first-order valence-corrected chi connectivity index (χ1v) is 8.98. The molecule has 3 rings (SSSR count). The molecule has 0 spiro atoms. The normalized spacial score (nSPS) is 25.7. The van der Waals surface area contributed by atoms with E-state index in [-0.39, 0.29) is 5.91 Å². The van der Waals surface area contributed by atoms with Crippen LogP contribution in [-0.2, 0) is 4.79 Å². The molecule has 124 valence electrons.